The maximum Gasteiger partial charge on any atom is 0.229 e. The van der Waals surface area contributed by atoms with Crippen LogP contribution in [0.25, 0.3) is 0 Å². The number of hydrogen-bond donors (Lipinski definition) is 14. The van der Waals surface area contributed by atoms with E-state index in [0.717, 1.165) is 11.1 Å². The lowest BCUT2D eigenvalue weighted by atomic mass is 9.73. The van der Waals surface area contributed by atoms with Crippen LogP contribution in [-0.4, -0.2) is 221 Å². The summed E-state index contributed by atoms with van der Waals surface area (Å²) >= 11 is 0. The minimum absolute atomic E-state index is 0.0510. The van der Waals surface area contributed by atoms with Gasteiger partial charge < -0.3 is 109 Å². The summed E-state index contributed by atoms with van der Waals surface area (Å²) in [5, 5.41) is 149. The lowest BCUT2D eigenvalue weighted by Crippen LogP contribution is -2.65. The summed E-state index contributed by atoms with van der Waals surface area (Å²) in [6.45, 7) is 6.72. The van der Waals surface area contributed by atoms with Crippen molar-refractivity contribution < 1.29 is 109 Å². The number of aryl methyl sites for hydroxylation is 1. The van der Waals surface area contributed by atoms with Gasteiger partial charge in [-0.3, -0.25) is 0 Å². The van der Waals surface area contributed by atoms with Gasteiger partial charge in [0.15, 0.2) is 12.6 Å². The minimum Gasteiger partial charge on any atom is -0.462 e. The van der Waals surface area contributed by atoms with E-state index in [2.05, 4.69) is 6.58 Å². The maximum absolute atomic E-state index is 11.8. The van der Waals surface area contributed by atoms with Crippen LogP contribution in [0, 0.1) is 5.92 Å². The van der Waals surface area contributed by atoms with E-state index in [1.54, 1.807) is 12.1 Å². The fraction of sp³-hybridized carbons (Fsp3) is 0.767. The normalized spacial score (nSPS) is 43.7. The Morgan fingerprint density at radius 2 is 0.985 bits per heavy atom. The SMILES string of the molecule is C=C(C)C1CCC(C)=C[C@H]1c1c(O[C@@H]2O[C@H](CO)[C@@H](O)[C@H](O[C@@H]3O[C@H](CO)[C@@H](O)[C@H](O)[C@H]3O)[C@H]2O)cc(CCC)cc1O[C@@H]1O[C@H](CO)[C@@H](O)[C@H](O[C@@H]2O[C@H](CO)[C@@H](O)[C@H](O)[C@H]2O)[C@H]1O. The van der Waals surface area contributed by atoms with Gasteiger partial charge in [0.1, 0.15) is 109 Å². The van der Waals surface area contributed by atoms with Gasteiger partial charge in [-0.1, -0.05) is 37.1 Å². The van der Waals surface area contributed by atoms with Crippen molar-refractivity contribution in [1.82, 2.24) is 0 Å². The van der Waals surface area contributed by atoms with Gasteiger partial charge in [-0.2, -0.15) is 0 Å². The zero-order chi connectivity index (χ0) is 47.6. The highest BCUT2D eigenvalue weighted by Gasteiger charge is 2.54. The van der Waals surface area contributed by atoms with Crippen molar-refractivity contribution in [3.05, 3.63) is 47.1 Å². The summed E-state index contributed by atoms with van der Waals surface area (Å²) in [6, 6.07) is 3.34. The van der Waals surface area contributed by atoms with Gasteiger partial charge in [0.25, 0.3) is 0 Å². The van der Waals surface area contributed by atoms with E-state index in [1.165, 1.54) is 0 Å². The van der Waals surface area contributed by atoms with Gasteiger partial charge >= 0.3 is 0 Å². The highest BCUT2D eigenvalue weighted by molar-refractivity contribution is 5.53. The average Bonchev–Trinajstić information content (AvgIpc) is 3.28. The molecule has 65 heavy (non-hydrogen) atoms. The molecule has 0 saturated carbocycles. The molecule has 1 aromatic rings. The van der Waals surface area contributed by atoms with Crippen LogP contribution < -0.4 is 9.47 Å². The molecule has 1 unspecified atom stereocenters. The highest BCUT2D eigenvalue weighted by atomic mass is 16.8. The van der Waals surface area contributed by atoms with Gasteiger partial charge in [0, 0.05) is 11.5 Å². The molecule has 370 valence electrons. The summed E-state index contributed by atoms with van der Waals surface area (Å²) < 4.78 is 47.5. The van der Waals surface area contributed by atoms with Crippen LogP contribution >= 0.6 is 0 Å². The molecule has 0 amide bonds. The van der Waals surface area contributed by atoms with Crippen molar-refractivity contribution in [2.75, 3.05) is 26.4 Å². The molecule has 0 spiro atoms. The van der Waals surface area contributed by atoms with E-state index < -0.39 is 155 Å². The Labute approximate surface area is 375 Å². The fourth-order valence-corrected chi connectivity index (χ4v) is 9.06. The Balaban J connectivity index is 1.40. The van der Waals surface area contributed by atoms with Crippen molar-refractivity contribution in [2.24, 2.45) is 5.92 Å². The van der Waals surface area contributed by atoms with Gasteiger partial charge in [-0.15, -0.1) is 0 Å². The molecule has 0 bridgehead atoms. The summed E-state index contributed by atoms with van der Waals surface area (Å²) in [5.74, 6) is -0.729. The van der Waals surface area contributed by atoms with Crippen LogP contribution in [0.3, 0.4) is 0 Å². The quantitative estimate of drug-likeness (QED) is 0.0697. The number of rotatable bonds is 16. The Kier molecular flexibility index (Phi) is 17.8. The first-order chi connectivity index (χ1) is 30.9. The molecule has 22 heteroatoms. The molecule has 4 saturated heterocycles. The Bertz CT molecular complexity index is 1650. The zero-order valence-corrected chi connectivity index (χ0v) is 36.3. The smallest absolute Gasteiger partial charge is 0.229 e. The fourth-order valence-electron chi connectivity index (χ4n) is 9.06. The molecular weight excluding hydrogens is 868 g/mol. The Hall–Kier alpha value is -2.50. The number of aliphatic hydroxyl groups is 14. The molecule has 6 rings (SSSR count). The second kappa shape index (κ2) is 22.3. The first-order valence-corrected chi connectivity index (χ1v) is 21.9. The molecule has 4 fully saturated rings. The van der Waals surface area contributed by atoms with Crippen LogP contribution in [0.15, 0.2) is 35.9 Å². The molecule has 22 nitrogen and oxygen atoms in total. The van der Waals surface area contributed by atoms with Gasteiger partial charge in [-0.25, -0.2) is 0 Å². The molecule has 1 aliphatic carbocycles. The standard InChI is InChI=1S/C43H66O22/c1-5-6-18-10-21(58-42-36(56)38(30(50)25(14-46)62-42)64-40-34(54)32(52)28(48)23(12-44)60-40)27(20-9-17(4)7-8-19(20)16(2)3)22(11-18)59-43-37(57)39(31(51)26(15-47)63-43)65-41-35(55)33(53)29(49)24(13-45)61-41/h9-11,19-20,23-26,28-57H,2,5-8,12-15H2,1,3-4H3/t19?,20-,23-,24-,25-,26-,28-,29-,30-,31-,32+,33+,34-,35-,36-,37-,38+,39+,40+,41+,42-,43-/m1/s1. The summed E-state index contributed by atoms with van der Waals surface area (Å²) in [6.07, 6.45) is -30.3. The van der Waals surface area contributed by atoms with Crippen molar-refractivity contribution in [3.63, 3.8) is 0 Å². The number of aliphatic hydroxyl groups excluding tert-OH is 14. The summed E-state index contributed by atoms with van der Waals surface area (Å²) in [4.78, 5) is 0. The van der Waals surface area contributed by atoms with Crippen molar-refractivity contribution >= 4 is 0 Å². The van der Waals surface area contributed by atoms with Crippen LogP contribution in [0.1, 0.15) is 57.1 Å². The number of hydrogen-bond acceptors (Lipinski definition) is 22. The van der Waals surface area contributed by atoms with Crippen LogP contribution in [-0.2, 0) is 34.8 Å². The topological polar surface area (TPSA) is 357 Å². The Morgan fingerprint density at radius 3 is 1.37 bits per heavy atom. The lowest BCUT2D eigenvalue weighted by Gasteiger charge is -2.46. The van der Waals surface area contributed by atoms with E-state index >= 15 is 0 Å². The van der Waals surface area contributed by atoms with Gasteiger partial charge in [0.2, 0.25) is 12.6 Å². The highest BCUT2D eigenvalue weighted by Crippen LogP contribution is 2.49. The zero-order valence-electron chi connectivity index (χ0n) is 36.3. The average molecular weight is 935 g/mol. The number of allylic oxidation sites excluding steroid dienone is 3. The minimum atomic E-state index is -1.91. The predicted molar refractivity (Wildman–Crippen MR) is 219 cm³/mol. The molecule has 14 N–H and O–H groups in total. The lowest BCUT2D eigenvalue weighted by molar-refractivity contribution is -0.353. The largest absolute Gasteiger partial charge is 0.462 e. The van der Waals surface area contributed by atoms with Crippen LogP contribution in [0.2, 0.25) is 0 Å². The second-order valence-corrected chi connectivity index (χ2v) is 17.5. The van der Waals surface area contributed by atoms with E-state index in [-0.39, 0.29) is 17.4 Å². The van der Waals surface area contributed by atoms with E-state index in [1.807, 2.05) is 26.8 Å². The van der Waals surface area contributed by atoms with E-state index in [9.17, 15) is 71.5 Å². The second-order valence-electron chi connectivity index (χ2n) is 17.5. The van der Waals surface area contributed by atoms with Crippen LogP contribution in [0.4, 0.5) is 0 Å². The molecule has 4 aliphatic heterocycles. The van der Waals surface area contributed by atoms with E-state index in [4.69, 9.17) is 37.9 Å². The van der Waals surface area contributed by atoms with Gasteiger partial charge in [-0.05, 0) is 56.7 Å². The van der Waals surface area contributed by atoms with E-state index in [0.29, 0.717) is 36.8 Å². The molecule has 0 aromatic heterocycles. The third kappa shape index (κ3) is 10.9. The Morgan fingerprint density at radius 1 is 0.585 bits per heavy atom. The summed E-state index contributed by atoms with van der Waals surface area (Å²) in [5.41, 5.74) is 2.68. The maximum atomic E-state index is 11.8. The summed E-state index contributed by atoms with van der Waals surface area (Å²) in [7, 11) is 0. The van der Waals surface area contributed by atoms with Gasteiger partial charge in [0.05, 0.1) is 26.4 Å². The molecule has 4 heterocycles. The van der Waals surface area contributed by atoms with Crippen LogP contribution in [0.5, 0.6) is 11.5 Å². The van der Waals surface area contributed by atoms with Crippen molar-refractivity contribution in [1.29, 1.82) is 0 Å². The number of ether oxygens (including phenoxy) is 8. The number of benzene rings is 1. The molecule has 0 radical (unpaired) electrons. The van der Waals surface area contributed by atoms with Crippen molar-refractivity contribution in [3.8, 4) is 11.5 Å². The first-order valence-electron chi connectivity index (χ1n) is 21.9. The molecule has 22 atom stereocenters. The van der Waals surface area contributed by atoms with Crippen molar-refractivity contribution in [2.45, 2.75) is 175 Å². The monoisotopic (exact) mass is 934 g/mol. The molecule has 1 aromatic carbocycles. The molecular formula is C43H66O22. The third-order valence-corrected chi connectivity index (χ3v) is 12.8. The predicted octanol–water partition coefficient (Wildman–Crippen LogP) is -4.34. The molecule has 5 aliphatic rings. The first kappa shape index (κ1) is 51.9. The third-order valence-electron chi connectivity index (χ3n) is 12.8.